The van der Waals surface area contributed by atoms with Crippen LogP contribution in [0.2, 0.25) is 0 Å². The molecule has 0 heterocycles. The molecule has 0 spiro atoms. The van der Waals surface area contributed by atoms with Crippen LogP contribution >= 0.6 is 0 Å². The van der Waals surface area contributed by atoms with Crippen LogP contribution in [-0.2, 0) is 0 Å². The molecule has 1 aromatic carbocycles. The van der Waals surface area contributed by atoms with Crippen LogP contribution in [0.1, 0.15) is 42.9 Å². The molecule has 0 aliphatic heterocycles. The zero-order valence-electron chi connectivity index (χ0n) is 10.9. The lowest BCUT2D eigenvalue weighted by atomic mass is 9.91. The molecular weight excluding hydrogens is 210 g/mol. The van der Waals surface area contributed by atoms with Gasteiger partial charge in [0.25, 0.3) is 0 Å². The quantitative estimate of drug-likeness (QED) is 0.845. The monoisotopic (exact) mass is 233 g/mol. The highest BCUT2D eigenvalue weighted by molar-refractivity contribution is 5.23. The predicted molar refractivity (Wildman–Crippen MR) is 71.0 cm³/mol. The Bertz CT molecular complexity index is 342. The summed E-state index contributed by atoms with van der Waals surface area (Å²) in [5.74, 6) is 0. The minimum Gasteiger partial charge on any atom is -0.388 e. The second-order valence-electron chi connectivity index (χ2n) is 5.28. The van der Waals surface area contributed by atoms with Gasteiger partial charge in [-0.15, -0.1) is 0 Å². The Balaban J connectivity index is 1.80. The largest absolute Gasteiger partial charge is 0.388 e. The summed E-state index contributed by atoms with van der Waals surface area (Å²) in [4.78, 5) is 2.39. The van der Waals surface area contributed by atoms with Gasteiger partial charge in [-0.2, -0.15) is 0 Å². The van der Waals surface area contributed by atoms with Gasteiger partial charge in [0.1, 0.15) is 0 Å². The van der Waals surface area contributed by atoms with Crippen LogP contribution in [0.25, 0.3) is 0 Å². The van der Waals surface area contributed by atoms with Crippen LogP contribution in [0.5, 0.6) is 0 Å². The SMILES string of the molecule is Cc1ccc(C(O)CCN(C)C2CCC2)cc1. The van der Waals surface area contributed by atoms with E-state index in [1.165, 1.54) is 24.8 Å². The van der Waals surface area contributed by atoms with Gasteiger partial charge in [-0.3, -0.25) is 0 Å². The van der Waals surface area contributed by atoms with E-state index in [0.29, 0.717) is 0 Å². The van der Waals surface area contributed by atoms with Crippen molar-refractivity contribution >= 4 is 0 Å². The maximum absolute atomic E-state index is 10.1. The molecule has 1 fully saturated rings. The summed E-state index contributed by atoms with van der Waals surface area (Å²) in [7, 11) is 2.17. The van der Waals surface area contributed by atoms with Gasteiger partial charge in [0.2, 0.25) is 0 Å². The van der Waals surface area contributed by atoms with E-state index < -0.39 is 0 Å². The van der Waals surface area contributed by atoms with Crippen LogP contribution in [0, 0.1) is 6.92 Å². The van der Waals surface area contributed by atoms with Crippen molar-refractivity contribution in [2.75, 3.05) is 13.6 Å². The number of aliphatic hydroxyl groups is 1. The molecule has 0 aromatic heterocycles. The first kappa shape index (κ1) is 12.6. The Hall–Kier alpha value is -0.860. The first-order valence-corrected chi connectivity index (χ1v) is 6.61. The van der Waals surface area contributed by atoms with Crippen molar-refractivity contribution in [3.63, 3.8) is 0 Å². The third-order valence-corrected chi connectivity index (χ3v) is 3.92. The van der Waals surface area contributed by atoms with E-state index >= 15 is 0 Å². The van der Waals surface area contributed by atoms with Gasteiger partial charge in [-0.1, -0.05) is 36.2 Å². The van der Waals surface area contributed by atoms with Crippen LogP contribution in [0.3, 0.4) is 0 Å². The third kappa shape index (κ3) is 3.30. The lowest BCUT2D eigenvalue weighted by Crippen LogP contribution is -2.38. The van der Waals surface area contributed by atoms with Crippen molar-refractivity contribution in [2.45, 2.75) is 44.8 Å². The van der Waals surface area contributed by atoms with E-state index in [1.807, 2.05) is 12.1 Å². The summed E-state index contributed by atoms with van der Waals surface area (Å²) in [5, 5.41) is 10.1. The van der Waals surface area contributed by atoms with Gasteiger partial charge in [0, 0.05) is 12.6 Å². The summed E-state index contributed by atoms with van der Waals surface area (Å²) in [6.07, 6.45) is 4.54. The minimum atomic E-state index is -0.321. The van der Waals surface area contributed by atoms with Gasteiger partial charge in [-0.25, -0.2) is 0 Å². The van der Waals surface area contributed by atoms with Gasteiger partial charge >= 0.3 is 0 Å². The average molecular weight is 233 g/mol. The number of benzene rings is 1. The smallest absolute Gasteiger partial charge is 0.0802 e. The molecular formula is C15H23NO. The normalized spacial score (nSPS) is 18.1. The van der Waals surface area contributed by atoms with E-state index in [0.717, 1.165) is 24.6 Å². The van der Waals surface area contributed by atoms with E-state index in [9.17, 15) is 5.11 Å². The predicted octanol–water partition coefficient (Wildman–Crippen LogP) is 2.90. The molecule has 0 saturated heterocycles. The fraction of sp³-hybridized carbons (Fsp3) is 0.600. The van der Waals surface area contributed by atoms with Crippen molar-refractivity contribution < 1.29 is 5.11 Å². The van der Waals surface area contributed by atoms with E-state index in [4.69, 9.17) is 0 Å². The van der Waals surface area contributed by atoms with Crippen molar-refractivity contribution in [3.8, 4) is 0 Å². The molecule has 94 valence electrons. The molecule has 0 radical (unpaired) electrons. The summed E-state index contributed by atoms with van der Waals surface area (Å²) >= 11 is 0. The fourth-order valence-electron chi connectivity index (χ4n) is 2.29. The molecule has 1 N–H and O–H groups in total. The van der Waals surface area contributed by atoms with Gasteiger partial charge in [0.15, 0.2) is 0 Å². The van der Waals surface area contributed by atoms with Crippen molar-refractivity contribution in [2.24, 2.45) is 0 Å². The second-order valence-corrected chi connectivity index (χ2v) is 5.28. The average Bonchev–Trinajstić information content (AvgIpc) is 2.24. The van der Waals surface area contributed by atoms with Gasteiger partial charge in [0.05, 0.1) is 6.10 Å². The summed E-state index contributed by atoms with van der Waals surface area (Å²) in [6, 6.07) is 8.95. The lowest BCUT2D eigenvalue weighted by molar-refractivity contribution is 0.112. The molecule has 17 heavy (non-hydrogen) atoms. The molecule has 2 nitrogen and oxygen atoms in total. The number of nitrogens with zero attached hydrogens (tertiary/aromatic N) is 1. The van der Waals surface area contributed by atoms with Crippen molar-refractivity contribution in [3.05, 3.63) is 35.4 Å². The molecule has 2 rings (SSSR count). The van der Waals surface area contributed by atoms with Crippen molar-refractivity contribution in [1.29, 1.82) is 0 Å². The standard InChI is InChI=1S/C15H23NO/c1-12-6-8-13(9-7-12)15(17)10-11-16(2)14-4-3-5-14/h6-9,14-15,17H,3-5,10-11H2,1-2H3. The van der Waals surface area contributed by atoms with Crippen LogP contribution in [0.4, 0.5) is 0 Å². The molecule has 1 aliphatic carbocycles. The Morgan fingerprint density at radius 3 is 2.47 bits per heavy atom. The molecule has 1 aliphatic rings. The molecule has 1 aromatic rings. The maximum Gasteiger partial charge on any atom is 0.0802 e. The van der Waals surface area contributed by atoms with E-state index in [1.54, 1.807) is 0 Å². The number of aryl methyl sites for hydroxylation is 1. The number of hydrogen-bond donors (Lipinski definition) is 1. The second kappa shape index (κ2) is 5.65. The summed E-state index contributed by atoms with van der Waals surface area (Å²) in [5.41, 5.74) is 2.28. The first-order chi connectivity index (χ1) is 8.16. The Kier molecular flexibility index (Phi) is 4.19. The Morgan fingerprint density at radius 1 is 1.29 bits per heavy atom. The van der Waals surface area contributed by atoms with E-state index in [2.05, 4.69) is 31.0 Å². The molecule has 0 amide bonds. The van der Waals surface area contributed by atoms with E-state index in [-0.39, 0.29) is 6.10 Å². The topological polar surface area (TPSA) is 23.5 Å². The summed E-state index contributed by atoms with van der Waals surface area (Å²) < 4.78 is 0. The van der Waals surface area contributed by atoms with Crippen molar-refractivity contribution in [1.82, 2.24) is 4.90 Å². The lowest BCUT2D eigenvalue weighted by Gasteiger charge is -2.35. The van der Waals surface area contributed by atoms with Crippen LogP contribution in [0.15, 0.2) is 24.3 Å². The number of aliphatic hydroxyl groups excluding tert-OH is 1. The first-order valence-electron chi connectivity index (χ1n) is 6.61. The third-order valence-electron chi connectivity index (χ3n) is 3.92. The van der Waals surface area contributed by atoms with Gasteiger partial charge in [-0.05, 0) is 38.8 Å². The molecule has 0 bridgehead atoms. The Morgan fingerprint density at radius 2 is 1.94 bits per heavy atom. The zero-order valence-corrected chi connectivity index (χ0v) is 10.9. The molecule has 1 unspecified atom stereocenters. The zero-order chi connectivity index (χ0) is 12.3. The Labute approximate surface area is 104 Å². The molecule has 1 atom stereocenters. The highest BCUT2D eigenvalue weighted by atomic mass is 16.3. The summed E-state index contributed by atoms with van der Waals surface area (Å²) in [6.45, 7) is 3.06. The number of hydrogen-bond acceptors (Lipinski definition) is 2. The van der Waals surface area contributed by atoms with Crippen LogP contribution < -0.4 is 0 Å². The van der Waals surface area contributed by atoms with Gasteiger partial charge < -0.3 is 10.0 Å². The maximum atomic E-state index is 10.1. The highest BCUT2D eigenvalue weighted by Crippen LogP contribution is 2.25. The highest BCUT2D eigenvalue weighted by Gasteiger charge is 2.22. The van der Waals surface area contributed by atoms with Crippen LogP contribution in [-0.4, -0.2) is 29.6 Å². The fourth-order valence-corrected chi connectivity index (χ4v) is 2.29. The molecule has 2 heteroatoms. The minimum absolute atomic E-state index is 0.321. The molecule has 1 saturated carbocycles. The number of rotatable bonds is 5.